The zero-order valence-electron chi connectivity index (χ0n) is 21.2. The van der Waals surface area contributed by atoms with E-state index in [9.17, 15) is 0 Å². The lowest BCUT2D eigenvalue weighted by Gasteiger charge is -2.14. The third-order valence-electron chi connectivity index (χ3n) is 8.49. The molecular weight excluding hydrogens is 470 g/mol. The number of nitrogens with zero attached hydrogens (tertiary/aromatic N) is 1. The van der Waals surface area contributed by atoms with Gasteiger partial charge < -0.3 is 4.57 Å². The number of fused-ring (bicyclic) bond motifs is 8. The fourth-order valence-electron chi connectivity index (χ4n) is 6.90. The SMILES string of the molecule is c1ccc(-n2c3ccccc3c3c4ccccc4c(-c4cc5c6c(cccc6c4)-c4ccccc4-5)cc32)cc1. The van der Waals surface area contributed by atoms with Crippen molar-refractivity contribution < 1.29 is 0 Å². The highest BCUT2D eigenvalue weighted by atomic mass is 15.0. The molecule has 0 aliphatic heterocycles. The third kappa shape index (κ3) is 2.79. The number of aromatic nitrogens is 1. The summed E-state index contributed by atoms with van der Waals surface area (Å²) < 4.78 is 2.42. The van der Waals surface area contributed by atoms with Crippen molar-refractivity contribution in [3.63, 3.8) is 0 Å². The van der Waals surface area contributed by atoms with Gasteiger partial charge in [0.25, 0.3) is 0 Å². The maximum atomic E-state index is 2.42. The average molecular weight is 494 g/mol. The molecule has 1 aliphatic rings. The highest BCUT2D eigenvalue weighted by molar-refractivity contribution is 6.25. The second-order valence-electron chi connectivity index (χ2n) is 10.5. The van der Waals surface area contributed by atoms with E-state index in [1.54, 1.807) is 0 Å². The van der Waals surface area contributed by atoms with E-state index < -0.39 is 0 Å². The Hall–Kier alpha value is -5.14. The molecule has 180 valence electrons. The normalized spacial score (nSPS) is 12.1. The maximum Gasteiger partial charge on any atom is 0.0553 e. The molecule has 39 heavy (non-hydrogen) atoms. The van der Waals surface area contributed by atoms with Crippen molar-refractivity contribution in [2.45, 2.75) is 0 Å². The van der Waals surface area contributed by atoms with Crippen LogP contribution < -0.4 is 0 Å². The van der Waals surface area contributed by atoms with Crippen LogP contribution in [0.1, 0.15) is 0 Å². The van der Waals surface area contributed by atoms with Crippen molar-refractivity contribution in [3.8, 4) is 39.1 Å². The van der Waals surface area contributed by atoms with Crippen LogP contribution in [0.4, 0.5) is 0 Å². The lowest BCUT2D eigenvalue weighted by atomic mass is 9.91. The summed E-state index contributed by atoms with van der Waals surface area (Å²) in [4.78, 5) is 0. The molecule has 1 heteroatoms. The molecule has 8 aromatic rings. The first kappa shape index (κ1) is 20.9. The van der Waals surface area contributed by atoms with Gasteiger partial charge >= 0.3 is 0 Å². The summed E-state index contributed by atoms with van der Waals surface area (Å²) in [6, 6.07) is 51.2. The van der Waals surface area contributed by atoms with Crippen LogP contribution in [0.25, 0.3) is 82.4 Å². The van der Waals surface area contributed by atoms with Crippen LogP contribution in [0, 0.1) is 0 Å². The van der Waals surface area contributed by atoms with Gasteiger partial charge in [-0.1, -0.05) is 103 Å². The molecule has 0 unspecified atom stereocenters. The van der Waals surface area contributed by atoms with Gasteiger partial charge in [0.15, 0.2) is 0 Å². The van der Waals surface area contributed by atoms with E-state index >= 15 is 0 Å². The minimum atomic E-state index is 1.18. The Morgan fingerprint density at radius 3 is 1.87 bits per heavy atom. The maximum absolute atomic E-state index is 2.42. The van der Waals surface area contributed by atoms with Gasteiger partial charge in [0.2, 0.25) is 0 Å². The first-order valence-electron chi connectivity index (χ1n) is 13.5. The van der Waals surface area contributed by atoms with Crippen LogP contribution in [0.15, 0.2) is 140 Å². The van der Waals surface area contributed by atoms with Crippen molar-refractivity contribution >= 4 is 43.4 Å². The Labute approximate surface area is 226 Å². The Kier molecular flexibility index (Phi) is 4.11. The summed E-state index contributed by atoms with van der Waals surface area (Å²) >= 11 is 0. The van der Waals surface area contributed by atoms with E-state index in [0.29, 0.717) is 0 Å². The molecule has 0 radical (unpaired) electrons. The number of hydrogen-bond donors (Lipinski definition) is 0. The van der Waals surface area contributed by atoms with Gasteiger partial charge in [0.1, 0.15) is 0 Å². The summed E-state index contributed by atoms with van der Waals surface area (Å²) in [5.41, 5.74) is 11.5. The lowest BCUT2D eigenvalue weighted by Crippen LogP contribution is -1.94. The zero-order valence-corrected chi connectivity index (χ0v) is 21.2. The standard InChI is InChI=1S/C38H23N/c1-2-12-26(13-3-1)39-35-20-9-8-18-32(35)38-31-17-7-6-16-29(31)33(23-36(38)39)25-21-24-11-10-19-30-27-14-4-5-15-28(27)34(22-25)37(24)30/h1-23H. The van der Waals surface area contributed by atoms with Crippen molar-refractivity contribution in [2.24, 2.45) is 0 Å². The molecule has 0 fully saturated rings. The molecule has 0 atom stereocenters. The molecule has 0 saturated heterocycles. The van der Waals surface area contributed by atoms with Crippen LogP contribution in [-0.2, 0) is 0 Å². The second-order valence-corrected chi connectivity index (χ2v) is 10.5. The number of rotatable bonds is 2. The number of para-hydroxylation sites is 2. The number of benzene rings is 7. The van der Waals surface area contributed by atoms with E-state index in [1.807, 2.05) is 0 Å². The first-order chi connectivity index (χ1) is 19.4. The van der Waals surface area contributed by atoms with Crippen LogP contribution >= 0.6 is 0 Å². The molecular formula is C38H23N. The highest BCUT2D eigenvalue weighted by Gasteiger charge is 2.23. The largest absolute Gasteiger partial charge is 0.309 e. The van der Waals surface area contributed by atoms with Crippen LogP contribution in [-0.4, -0.2) is 4.57 Å². The topological polar surface area (TPSA) is 4.93 Å². The molecule has 1 heterocycles. The summed E-state index contributed by atoms with van der Waals surface area (Å²) in [6.07, 6.45) is 0. The smallest absolute Gasteiger partial charge is 0.0553 e. The molecule has 1 nitrogen and oxygen atoms in total. The molecule has 1 aromatic heterocycles. The summed E-state index contributed by atoms with van der Waals surface area (Å²) in [5.74, 6) is 0. The van der Waals surface area contributed by atoms with Crippen molar-refractivity contribution in [2.75, 3.05) is 0 Å². The van der Waals surface area contributed by atoms with Crippen molar-refractivity contribution in [1.82, 2.24) is 4.57 Å². The Balaban J connectivity index is 1.44. The predicted octanol–water partition coefficient (Wildman–Crippen LogP) is 10.4. The van der Waals surface area contributed by atoms with E-state index in [1.165, 1.54) is 82.4 Å². The summed E-state index contributed by atoms with van der Waals surface area (Å²) in [7, 11) is 0. The number of hydrogen-bond acceptors (Lipinski definition) is 0. The Morgan fingerprint density at radius 1 is 0.359 bits per heavy atom. The highest BCUT2D eigenvalue weighted by Crippen LogP contribution is 2.49. The van der Waals surface area contributed by atoms with E-state index in [4.69, 9.17) is 0 Å². The summed E-state index contributed by atoms with van der Waals surface area (Å²) in [5, 5.41) is 7.84. The van der Waals surface area contributed by atoms with E-state index in [2.05, 4.69) is 144 Å². The molecule has 0 N–H and O–H groups in total. The minimum Gasteiger partial charge on any atom is -0.309 e. The van der Waals surface area contributed by atoms with Gasteiger partial charge in [-0.3, -0.25) is 0 Å². The van der Waals surface area contributed by atoms with Gasteiger partial charge in [0, 0.05) is 16.5 Å². The van der Waals surface area contributed by atoms with Crippen LogP contribution in [0.5, 0.6) is 0 Å². The summed E-state index contributed by atoms with van der Waals surface area (Å²) in [6.45, 7) is 0. The Morgan fingerprint density at radius 2 is 1.03 bits per heavy atom. The fraction of sp³-hybridized carbons (Fsp3) is 0. The van der Waals surface area contributed by atoms with E-state index in [-0.39, 0.29) is 0 Å². The average Bonchev–Trinajstić information content (AvgIpc) is 3.51. The molecule has 7 aromatic carbocycles. The molecule has 0 amide bonds. The zero-order chi connectivity index (χ0) is 25.5. The van der Waals surface area contributed by atoms with Crippen molar-refractivity contribution in [1.29, 1.82) is 0 Å². The van der Waals surface area contributed by atoms with Crippen LogP contribution in [0.2, 0.25) is 0 Å². The van der Waals surface area contributed by atoms with Gasteiger partial charge in [0.05, 0.1) is 11.0 Å². The third-order valence-corrected chi connectivity index (χ3v) is 8.49. The van der Waals surface area contributed by atoms with Gasteiger partial charge in [-0.2, -0.15) is 0 Å². The molecule has 0 saturated carbocycles. The first-order valence-corrected chi connectivity index (χ1v) is 13.5. The predicted molar refractivity (Wildman–Crippen MR) is 166 cm³/mol. The van der Waals surface area contributed by atoms with Crippen molar-refractivity contribution in [3.05, 3.63) is 140 Å². The molecule has 0 bridgehead atoms. The quantitative estimate of drug-likeness (QED) is 0.226. The lowest BCUT2D eigenvalue weighted by molar-refractivity contribution is 1.18. The minimum absolute atomic E-state index is 1.18. The Bertz CT molecular complexity index is 2270. The van der Waals surface area contributed by atoms with Gasteiger partial charge in [-0.25, -0.2) is 0 Å². The van der Waals surface area contributed by atoms with E-state index in [0.717, 1.165) is 0 Å². The fourth-order valence-corrected chi connectivity index (χ4v) is 6.90. The van der Waals surface area contributed by atoms with Crippen LogP contribution in [0.3, 0.4) is 0 Å². The molecule has 1 aliphatic carbocycles. The van der Waals surface area contributed by atoms with Gasteiger partial charge in [-0.05, 0) is 91.3 Å². The monoisotopic (exact) mass is 493 g/mol. The second kappa shape index (κ2) is 7.69. The molecule has 0 spiro atoms. The molecule has 9 rings (SSSR count). The van der Waals surface area contributed by atoms with Gasteiger partial charge in [-0.15, -0.1) is 0 Å².